The summed E-state index contributed by atoms with van der Waals surface area (Å²) in [6, 6.07) is 0. The monoisotopic (exact) mass is 204 g/mol. The molecule has 0 aliphatic heterocycles. The summed E-state index contributed by atoms with van der Waals surface area (Å²) in [5, 5.41) is 0. The van der Waals surface area contributed by atoms with Gasteiger partial charge in [0.2, 0.25) is 0 Å². The first kappa shape index (κ1) is 13.3. The van der Waals surface area contributed by atoms with Gasteiger partial charge < -0.3 is 0 Å². The second kappa shape index (κ2) is 4.68. The molecule has 0 N–H and O–H groups in total. The largest absolute Gasteiger partial charge is 0.119 e. The first-order valence-corrected chi connectivity index (χ1v) is 5.77. The summed E-state index contributed by atoms with van der Waals surface area (Å²) in [6.07, 6.45) is 3.62. The normalized spacial score (nSPS) is 19.6. The van der Waals surface area contributed by atoms with Crippen molar-refractivity contribution in [1.82, 2.24) is 0 Å². The summed E-state index contributed by atoms with van der Waals surface area (Å²) in [6.45, 7) is 13.4. The minimum atomic E-state index is -0.0591. The molecule has 2 unspecified atom stereocenters. The molecular weight excluding hydrogens is 180 g/mol. The first-order valence-electron chi connectivity index (χ1n) is 5.39. The Balaban J connectivity index is 4.04. The van der Waals surface area contributed by atoms with E-state index >= 15 is 0 Å². The van der Waals surface area contributed by atoms with Gasteiger partial charge in [-0.25, -0.2) is 0 Å². The number of rotatable bonds is 4. The molecule has 0 aromatic carbocycles. The molecule has 0 aliphatic carbocycles. The zero-order valence-corrected chi connectivity index (χ0v) is 10.8. The zero-order valence-electron chi connectivity index (χ0n) is 10.1. The molecule has 1 heteroatoms. The Labute approximate surface area is 89.1 Å². The molecule has 2 atom stereocenters. The van der Waals surface area contributed by atoms with Crippen LogP contribution in [0.4, 0.5) is 0 Å². The van der Waals surface area contributed by atoms with Crippen molar-refractivity contribution in [3.05, 3.63) is 0 Å². The lowest BCUT2D eigenvalue weighted by molar-refractivity contribution is 0.260. The fraction of sp³-hybridized carbons (Fsp3) is 1.00. The third-order valence-corrected chi connectivity index (χ3v) is 4.12. The third-order valence-electron chi connectivity index (χ3n) is 3.37. The summed E-state index contributed by atoms with van der Waals surface area (Å²) in [7, 11) is 0. The lowest BCUT2D eigenvalue weighted by Gasteiger charge is -2.37. The quantitative estimate of drug-likeness (QED) is 0.574. The van der Waals surface area contributed by atoms with Crippen molar-refractivity contribution in [3.63, 3.8) is 0 Å². The highest BCUT2D eigenvalue weighted by Crippen LogP contribution is 2.40. The fourth-order valence-electron chi connectivity index (χ4n) is 1.10. The van der Waals surface area contributed by atoms with E-state index in [9.17, 15) is 0 Å². The van der Waals surface area contributed by atoms with Crippen LogP contribution in [0.25, 0.3) is 0 Å². The number of halogens is 1. The van der Waals surface area contributed by atoms with Gasteiger partial charge in [0.1, 0.15) is 0 Å². The van der Waals surface area contributed by atoms with E-state index in [4.69, 9.17) is 11.6 Å². The molecule has 0 fully saturated rings. The Morgan fingerprint density at radius 1 is 1.15 bits per heavy atom. The predicted molar refractivity (Wildman–Crippen MR) is 62.4 cm³/mol. The third kappa shape index (κ3) is 4.35. The van der Waals surface area contributed by atoms with E-state index in [0.717, 1.165) is 12.3 Å². The number of alkyl halides is 1. The molecule has 0 saturated heterocycles. The van der Waals surface area contributed by atoms with Crippen molar-refractivity contribution in [2.75, 3.05) is 0 Å². The molecule has 0 spiro atoms. The highest BCUT2D eigenvalue weighted by Gasteiger charge is 2.34. The van der Waals surface area contributed by atoms with Gasteiger partial charge in [0.15, 0.2) is 0 Å². The average molecular weight is 205 g/mol. The summed E-state index contributed by atoms with van der Waals surface area (Å²) in [5.74, 6) is 0.806. The van der Waals surface area contributed by atoms with Crippen molar-refractivity contribution >= 4 is 11.6 Å². The fourth-order valence-corrected chi connectivity index (χ4v) is 1.21. The molecule has 0 saturated carbocycles. The first-order chi connectivity index (χ1) is 5.70. The van der Waals surface area contributed by atoms with Gasteiger partial charge in [-0.1, -0.05) is 41.0 Å². The van der Waals surface area contributed by atoms with Gasteiger partial charge in [-0.2, -0.15) is 0 Å². The molecule has 0 nitrogen and oxygen atoms in total. The molecule has 0 bridgehead atoms. The van der Waals surface area contributed by atoms with Crippen LogP contribution in [0, 0.1) is 11.3 Å². The van der Waals surface area contributed by atoms with Gasteiger partial charge >= 0.3 is 0 Å². The van der Waals surface area contributed by atoms with E-state index in [1.165, 1.54) is 12.8 Å². The Morgan fingerprint density at radius 3 is 1.92 bits per heavy atom. The molecule has 0 aromatic rings. The van der Waals surface area contributed by atoms with E-state index in [1.54, 1.807) is 0 Å². The van der Waals surface area contributed by atoms with E-state index in [-0.39, 0.29) is 10.3 Å². The molecule has 0 aliphatic rings. The van der Waals surface area contributed by atoms with Gasteiger partial charge in [0.05, 0.1) is 0 Å². The van der Waals surface area contributed by atoms with Crippen LogP contribution >= 0.6 is 11.6 Å². The maximum absolute atomic E-state index is 6.51. The summed E-state index contributed by atoms with van der Waals surface area (Å²) in [4.78, 5) is -0.0591. The highest BCUT2D eigenvalue weighted by atomic mass is 35.5. The van der Waals surface area contributed by atoms with Gasteiger partial charge in [-0.05, 0) is 31.1 Å². The topological polar surface area (TPSA) is 0 Å². The van der Waals surface area contributed by atoms with Crippen molar-refractivity contribution in [2.24, 2.45) is 11.3 Å². The molecule has 0 radical (unpaired) electrons. The van der Waals surface area contributed by atoms with E-state index < -0.39 is 0 Å². The standard InChI is InChI=1S/C12H25Cl/c1-7-10(2)8-9-12(6,13)11(3,4)5/h10H,7-9H2,1-6H3. The summed E-state index contributed by atoms with van der Waals surface area (Å²) < 4.78 is 0. The van der Waals surface area contributed by atoms with Crippen molar-refractivity contribution in [2.45, 2.75) is 65.7 Å². The molecule has 0 aromatic heterocycles. The van der Waals surface area contributed by atoms with Crippen molar-refractivity contribution < 1.29 is 0 Å². The zero-order chi connectivity index (χ0) is 10.7. The Bertz CT molecular complexity index is 142. The van der Waals surface area contributed by atoms with Gasteiger partial charge in [-0.15, -0.1) is 11.6 Å². The Kier molecular flexibility index (Phi) is 4.79. The smallest absolute Gasteiger partial charge is 0.0467 e. The van der Waals surface area contributed by atoms with Gasteiger partial charge in [0.25, 0.3) is 0 Å². The molecule has 0 heterocycles. The van der Waals surface area contributed by atoms with Crippen molar-refractivity contribution in [1.29, 1.82) is 0 Å². The number of hydrogen-bond acceptors (Lipinski definition) is 0. The minimum Gasteiger partial charge on any atom is -0.119 e. The molecule has 13 heavy (non-hydrogen) atoms. The van der Waals surface area contributed by atoms with E-state index in [1.807, 2.05) is 0 Å². The van der Waals surface area contributed by atoms with Crippen LogP contribution in [0.3, 0.4) is 0 Å². The number of hydrogen-bond donors (Lipinski definition) is 0. The van der Waals surface area contributed by atoms with Crippen LogP contribution in [0.1, 0.15) is 60.8 Å². The average Bonchev–Trinajstić information content (AvgIpc) is 1.98. The van der Waals surface area contributed by atoms with Crippen LogP contribution in [0.2, 0.25) is 0 Å². The SMILES string of the molecule is CCC(C)CCC(C)(Cl)C(C)(C)C. The van der Waals surface area contributed by atoms with Crippen LogP contribution in [0.15, 0.2) is 0 Å². The van der Waals surface area contributed by atoms with Gasteiger partial charge in [0, 0.05) is 4.87 Å². The lowest BCUT2D eigenvalue weighted by atomic mass is 9.77. The highest BCUT2D eigenvalue weighted by molar-refractivity contribution is 6.24. The van der Waals surface area contributed by atoms with E-state index in [0.29, 0.717) is 0 Å². The minimum absolute atomic E-state index is 0.0591. The van der Waals surface area contributed by atoms with Crippen LogP contribution in [-0.4, -0.2) is 4.87 Å². The summed E-state index contributed by atoms with van der Waals surface area (Å²) in [5.41, 5.74) is 0.196. The van der Waals surface area contributed by atoms with E-state index in [2.05, 4.69) is 41.5 Å². The molecule has 0 rings (SSSR count). The van der Waals surface area contributed by atoms with Gasteiger partial charge in [-0.3, -0.25) is 0 Å². The maximum Gasteiger partial charge on any atom is 0.0467 e. The Hall–Kier alpha value is 0.290. The maximum atomic E-state index is 6.51. The summed E-state index contributed by atoms with van der Waals surface area (Å²) >= 11 is 6.51. The lowest BCUT2D eigenvalue weighted by Crippen LogP contribution is -2.34. The second-order valence-corrected chi connectivity index (χ2v) is 6.33. The Morgan fingerprint density at radius 2 is 1.62 bits per heavy atom. The molecule has 0 amide bonds. The molecule has 80 valence electrons. The molecular formula is C12H25Cl. The van der Waals surface area contributed by atoms with Crippen LogP contribution < -0.4 is 0 Å². The van der Waals surface area contributed by atoms with Crippen LogP contribution in [-0.2, 0) is 0 Å². The predicted octanol–water partition coefficient (Wildman–Crippen LogP) is 4.86. The second-order valence-electron chi connectivity index (χ2n) is 5.50. The van der Waals surface area contributed by atoms with Crippen molar-refractivity contribution in [3.8, 4) is 0 Å². The van der Waals surface area contributed by atoms with Crippen LogP contribution in [0.5, 0.6) is 0 Å².